The van der Waals surface area contributed by atoms with E-state index in [0.717, 1.165) is 55.1 Å². The van der Waals surface area contributed by atoms with E-state index in [2.05, 4.69) is 5.32 Å². The molecule has 0 spiro atoms. The second-order valence-corrected chi connectivity index (χ2v) is 6.45. The molecule has 4 N–H and O–H groups in total. The molecule has 134 valence electrons. The molecular formula is C20H26N2O3. The number of ether oxygens (including phenoxy) is 2. The van der Waals surface area contributed by atoms with Crippen molar-refractivity contribution in [2.24, 2.45) is 0 Å². The van der Waals surface area contributed by atoms with Gasteiger partial charge in [-0.3, -0.25) is 0 Å². The van der Waals surface area contributed by atoms with E-state index in [4.69, 9.17) is 15.2 Å². The van der Waals surface area contributed by atoms with E-state index in [1.165, 1.54) is 5.56 Å². The number of phenolic OH excluding ortho intramolecular Hbond substituents is 1. The highest BCUT2D eigenvalue weighted by atomic mass is 16.5. The number of hydrogen-bond acceptors (Lipinski definition) is 5. The zero-order valence-electron chi connectivity index (χ0n) is 14.6. The minimum absolute atomic E-state index is 0.145. The minimum Gasteiger partial charge on any atom is -0.508 e. The van der Waals surface area contributed by atoms with Gasteiger partial charge in [0, 0.05) is 23.9 Å². The van der Waals surface area contributed by atoms with Crippen molar-refractivity contribution < 1.29 is 14.6 Å². The predicted molar refractivity (Wildman–Crippen MR) is 99.4 cm³/mol. The van der Waals surface area contributed by atoms with Crippen LogP contribution >= 0.6 is 0 Å². The van der Waals surface area contributed by atoms with E-state index < -0.39 is 0 Å². The maximum atomic E-state index is 9.56. The molecule has 0 saturated carbocycles. The molecule has 25 heavy (non-hydrogen) atoms. The highest BCUT2D eigenvalue weighted by Crippen LogP contribution is 2.30. The largest absolute Gasteiger partial charge is 0.508 e. The minimum atomic E-state index is 0.145. The molecule has 0 fully saturated rings. The fourth-order valence-electron chi connectivity index (χ4n) is 2.99. The number of rotatable bonds is 7. The molecule has 1 aliphatic heterocycles. The quantitative estimate of drug-likeness (QED) is 0.533. The van der Waals surface area contributed by atoms with Crippen LogP contribution in [0.3, 0.4) is 0 Å². The Hall–Kier alpha value is -2.40. The highest BCUT2D eigenvalue weighted by Gasteiger charge is 2.19. The van der Waals surface area contributed by atoms with Crippen LogP contribution in [-0.4, -0.2) is 30.9 Å². The van der Waals surface area contributed by atoms with Gasteiger partial charge in [-0.25, -0.2) is 0 Å². The van der Waals surface area contributed by atoms with Crippen LogP contribution in [0.25, 0.3) is 0 Å². The van der Waals surface area contributed by atoms with Gasteiger partial charge in [-0.2, -0.15) is 0 Å². The molecule has 2 aromatic carbocycles. The van der Waals surface area contributed by atoms with Gasteiger partial charge in [0.15, 0.2) is 0 Å². The zero-order chi connectivity index (χ0) is 17.6. The molecule has 1 aliphatic rings. The topological polar surface area (TPSA) is 76.7 Å². The van der Waals surface area contributed by atoms with Gasteiger partial charge in [0.1, 0.15) is 23.4 Å². The van der Waals surface area contributed by atoms with Crippen molar-refractivity contribution in [2.45, 2.75) is 32.3 Å². The highest BCUT2D eigenvalue weighted by molar-refractivity contribution is 5.53. The summed E-state index contributed by atoms with van der Waals surface area (Å²) in [5.41, 5.74) is 8.80. The summed E-state index contributed by atoms with van der Waals surface area (Å²) in [6.45, 7) is 4.29. The zero-order valence-corrected chi connectivity index (χ0v) is 14.6. The molecule has 0 bridgehead atoms. The number of benzene rings is 2. The van der Waals surface area contributed by atoms with Gasteiger partial charge in [0.05, 0.1) is 6.61 Å². The summed E-state index contributed by atoms with van der Waals surface area (Å²) >= 11 is 0. The number of aromatic hydroxyl groups is 1. The molecule has 5 nitrogen and oxygen atoms in total. The van der Waals surface area contributed by atoms with Gasteiger partial charge in [-0.05, 0) is 56.5 Å². The first-order valence-electron chi connectivity index (χ1n) is 8.80. The molecule has 5 heteroatoms. The summed E-state index contributed by atoms with van der Waals surface area (Å²) in [7, 11) is 0. The Labute approximate surface area is 148 Å². The van der Waals surface area contributed by atoms with Gasteiger partial charge >= 0.3 is 0 Å². The van der Waals surface area contributed by atoms with Crippen LogP contribution in [-0.2, 0) is 6.42 Å². The van der Waals surface area contributed by atoms with Gasteiger partial charge < -0.3 is 25.6 Å². The first kappa shape index (κ1) is 17.4. The van der Waals surface area contributed by atoms with Crippen molar-refractivity contribution in [1.29, 1.82) is 0 Å². The fraction of sp³-hybridized carbons (Fsp3) is 0.400. The third-order valence-electron chi connectivity index (χ3n) is 4.53. The molecule has 1 atom stereocenters. The third kappa shape index (κ3) is 4.57. The van der Waals surface area contributed by atoms with Crippen LogP contribution in [0.15, 0.2) is 36.4 Å². The Bertz CT molecular complexity index is 718. The first-order valence-corrected chi connectivity index (χ1v) is 8.80. The lowest BCUT2D eigenvalue weighted by atomic mass is 10.0. The van der Waals surface area contributed by atoms with E-state index >= 15 is 0 Å². The van der Waals surface area contributed by atoms with E-state index in [1.54, 1.807) is 12.1 Å². The molecule has 2 aromatic rings. The van der Waals surface area contributed by atoms with Gasteiger partial charge in [0.25, 0.3) is 0 Å². The Balaban J connectivity index is 1.35. The van der Waals surface area contributed by atoms with Crippen molar-refractivity contribution >= 4 is 5.69 Å². The predicted octanol–water partition coefficient (Wildman–Crippen LogP) is 3.04. The molecule has 0 aromatic heterocycles. The van der Waals surface area contributed by atoms with Crippen LogP contribution in [0.4, 0.5) is 5.69 Å². The van der Waals surface area contributed by atoms with Gasteiger partial charge in [-0.15, -0.1) is 0 Å². The molecular weight excluding hydrogens is 316 g/mol. The number of nitrogens with one attached hydrogen (secondary N) is 1. The lowest BCUT2D eigenvalue weighted by Gasteiger charge is -2.26. The fourth-order valence-corrected chi connectivity index (χ4v) is 2.99. The number of phenols is 1. The van der Waals surface area contributed by atoms with Crippen LogP contribution < -0.4 is 20.5 Å². The number of nitrogens with two attached hydrogens (primary N) is 1. The summed E-state index contributed by atoms with van der Waals surface area (Å²) in [4.78, 5) is 0. The smallest absolute Gasteiger partial charge is 0.126 e. The molecule has 3 rings (SSSR count). The summed E-state index contributed by atoms with van der Waals surface area (Å²) in [6, 6.07) is 11.1. The number of anilines is 1. The normalized spacial score (nSPS) is 16.1. The van der Waals surface area contributed by atoms with Crippen molar-refractivity contribution in [3.63, 3.8) is 0 Å². The van der Waals surface area contributed by atoms with Crippen LogP contribution in [0.2, 0.25) is 0 Å². The molecule has 0 radical (unpaired) electrons. The maximum Gasteiger partial charge on any atom is 0.126 e. The molecule has 1 unspecified atom stereocenters. The SMILES string of the molecule is Cc1c(N)cccc1OCCCNCC1CCc2ccc(O)cc2O1. The van der Waals surface area contributed by atoms with Crippen molar-refractivity contribution in [3.05, 3.63) is 47.5 Å². The molecule has 0 saturated heterocycles. The summed E-state index contributed by atoms with van der Waals surface area (Å²) in [5, 5.41) is 13.0. The maximum absolute atomic E-state index is 9.56. The van der Waals surface area contributed by atoms with E-state index in [1.807, 2.05) is 31.2 Å². The number of aryl methyl sites for hydroxylation is 1. The van der Waals surface area contributed by atoms with E-state index in [9.17, 15) is 5.11 Å². The number of fused-ring (bicyclic) bond motifs is 1. The van der Waals surface area contributed by atoms with E-state index in [-0.39, 0.29) is 11.9 Å². The number of hydrogen-bond donors (Lipinski definition) is 3. The van der Waals surface area contributed by atoms with Crippen molar-refractivity contribution in [1.82, 2.24) is 5.32 Å². The molecule has 0 amide bonds. The van der Waals surface area contributed by atoms with Crippen molar-refractivity contribution in [3.8, 4) is 17.2 Å². The first-order chi connectivity index (χ1) is 12.1. The average molecular weight is 342 g/mol. The van der Waals surface area contributed by atoms with Crippen LogP contribution in [0, 0.1) is 6.92 Å². The molecule has 0 aliphatic carbocycles. The Kier molecular flexibility index (Phi) is 5.66. The lowest BCUT2D eigenvalue weighted by Crippen LogP contribution is -2.34. The molecule has 1 heterocycles. The standard InChI is InChI=1S/C20H26N2O3/c1-14-18(21)4-2-5-19(14)24-11-3-10-22-13-17-9-7-15-6-8-16(23)12-20(15)25-17/h2,4-6,8,12,17,22-23H,3,7,9-11,13,21H2,1H3. The second kappa shape index (κ2) is 8.12. The Morgan fingerprint density at radius 2 is 2.20 bits per heavy atom. The summed E-state index contributed by atoms with van der Waals surface area (Å²) in [6.07, 6.45) is 3.04. The summed E-state index contributed by atoms with van der Waals surface area (Å²) in [5.74, 6) is 1.91. The van der Waals surface area contributed by atoms with Crippen LogP contribution in [0.1, 0.15) is 24.0 Å². The van der Waals surface area contributed by atoms with Crippen LogP contribution in [0.5, 0.6) is 17.2 Å². The van der Waals surface area contributed by atoms with Gasteiger partial charge in [0.2, 0.25) is 0 Å². The van der Waals surface area contributed by atoms with Crippen molar-refractivity contribution in [2.75, 3.05) is 25.4 Å². The van der Waals surface area contributed by atoms with Gasteiger partial charge in [-0.1, -0.05) is 12.1 Å². The van der Waals surface area contributed by atoms with E-state index in [0.29, 0.717) is 6.61 Å². The monoisotopic (exact) mass is 342 g/mol. The summed E-state index contributed by atoms with van der Waals surface area (Å²) < 4.78 is 11.7. The second-order valence-electron chi connectivity index (χ2n) is 6.45. The Morgan fingerprint density at radius 3 is 3.08 bits per heavy atom. The number of nitrogen functional groups attached to an aromatic ring is 1. The lowest BCUT2D eigenvalue weighted by molar-refractivity contribution is 0.169. The Morgan fingerprint density at radius 1 is 1.32 bits per heavy atom. The third-order valence-corrected chi connectivity index (χ3v) is 4.53. The average Bonchev–Trinajstić information content (AvgIpc) is 2.61.